The van der Waals surface area contributed by atoms with Crippen LogP contribution in [0.25, 0.3) is 0 Å². The van der Waals surface area contributed by atoms with Gasteiger partial charge in [-0.1, -0.05) is 26.2 Å². The predicted octanol–water partition coefficient (Wildman–Crippen LogP) is 2.59. The maximum atomic E-state index is 10.9. The summed E-state index contributed by atoms with van der Waals surface area (Å²) >= 11 is 0. The predicted molar refractivity (Wildman–Crippen MR) is 53.9 cm³/mol. The molecule has 1 fully saturated rings. The molecule has 0 unspecified atom stereocenters. The summed E-state index contributed by atoms with van der Waals surface area (Å²) in [5.74, 6) is -0.444. The van der Waals surface area contributed by atoms with Gasteiger partial charge in [0, 0.05) is 5.41 Å². The highest BCUT2D eigenvalue weighted by Gasteiger charge is 2.36. The summed E-state index contributed by atoms with van der Waals surface area (Å²) < 4.78 is 5.28. The molecular formula is C11H15NO3. The molecule has 0 spiro atoms. The van der Waals surface area contributed by atoms with Crippen LogP contribution >= 0.6 is 0 Å². The average molecular weight is 209 g/mol. The molecule has 1 aliphatic rings. The van der Waals surface area contributed by atoms with Crippen molar-refractivity contribution < 1.29 is 14.3 Å². The van der Waals surface area contributed by atoms with E-state index in [2.05, 4.69) is 11.9 Å². The van der Waals surface area contributed by atoms with Gasteiger partial charge in [-0.25, -0.2) is 9.78 Å². The zero-order chi connectivity index (χ0) is 10.9. The van der Waals surface area contributed by atoms with Crippen LogP contribution in [0, 0.1) is 0 Å². The van der Waals surface area contributed by atoms with Crippen LogP contribution in [0.2, 0.25) is 0 Å². The summed E-state index contributed by atoms with van der Waals surface area (Å²) in [7, 11) is 0. The van der Waals surface area contributed by atoms with Crippen molar-refractivity contribution in [3.63, 3.8) is 0 Å². The molecule has 0 saturated heterocycles. The molecule has 4 nitrogen and oxygen atoms in total. The summed E-state index contributed by atoms with van der Waals surface area (Å²) in [4.78, 5) is 14.7. The average Bonchev–Trinajstić information content (AvgIpc) is 2.67. The van der Waals surface area contributed by atoms with E-state index >= 15 is 0 Å². The standard InChI is InChI=1S/C11H15NO3/c1-11(5-3-2-4-6-11)9-8(10(13)14)12-7-15-9/h7H,2-6H2,1H3,(H,13,14). The van der Waals surface area contributed by atoms with Gasteiger partial charge in [0.1, 0.15) is 5.76 Å². The van der Waals surface area contributed by atoms with E-state index in [9.17, 15) is 4.79 Å². The first-order valence-electron chi connectivity index (χ1n) is 5.31. The smallest absolute Gasteiger partial charge is 0.358 e. The maximum absolute atomic E-state index is 10.9. The Kier molecular flexibility index (Phi) is 2.50. The number of oxazole rings is 1. The van der Waals surface area contributed by atoms with Crippen LogP contribution in [0.3, 0.4) is 0 Å². The van der Waals surface area contributed by atoms with E-state index in [-0.39, 0.29) is 11.1 Å². The zero-order valence-corrected chi connectivity index (χ0v) is 8.82. The summed E-state index contributed by atoms with van der Waals surface area (Å²) in [6, 6.07) is 0. The van der Waals surface area contributed by atoms with Crippen LogP contribution in [0.1, 0.15) is 55.3 Å². The molecule has 1 aromatic rings. The van der Waals surface area contributed by atoms with Crippen LogP contribution in [0.5, 0.6) is 0 Å². The SMILES string of the molecule is CC1(c2ocnc2C(=O)O)CCCCC1. The van der Waals surface area contributed by atoms with E-state index in [4.69, 9.17) is 9.52 Å². The van der Waals surface area contributed by atoms with Gasteiger partial charge in [0.25, 0.3) is 0 Å². The molecular weight excluding hydrogens is 194 g/mol. The van der Waals surface area contributed by atoms with Crippen molar-refractivity contribution >= 4 is 5.97 Å². The quantitative estimate of drug-likeness (QED) is 0.813. The molecule has 1 saturated carbocycles. The lowest BCUT2D eigenvalue weighted by atomic mass is 9.73. The molecule has 0 amide bonds. The molecule has 15 heavy (non-hydrogen) atoms. The Morgan fingerprint density at radius 2 is 2.13 bits per heavy atom. The van der Waals surface area contributed by atoms with Gasteiger partial charge < -0.3 is 9.52 Å². The highest BCUT2D eigenvalue weighted by molar-refractivity contribution is 5.86. The van der Waals surface area contributed by atoms with E-state index in [0.717, 1.165) is 25.7 Å². The fourth-order valence-corrected chi connectivity index (χ4v) is 2.39. The Morgan fingerprint density at radius 3 is 2.73 bits per heavy atom. The van der Waals surface area contributed by atoms with E-state index in [0.29, 0.717) is 5.76 Å². The number of aromatic carboxylic acids is 1. The third kappa shape index (κ3) is 1.76. The summed E-state index contributed by atoms with van der Waals surface area (Å²) in [6.45, 7) is 2.07. The lowest BCUT2D eigenvalue weighted by molar-refractivity contribution is 0.0684. The van der Waals surface area contributed by atoms with Gasteiger partial charge >= 0.3 is 5.97 Å². The topological polar surface area (TPSA) is 63.3 Å². The minimum absolute atomic E-state index is 0.0828. The highest BCUT2D eigenvalue weighted by Crippen LogP contribution is 2.40. The second-order valence-corrected chi connectivity index (χ2v) is 4.46. The van der Waals surface area contributed by atoms with Gasteiger partial charge in [0.15, 0.2) is 12.1 Å². The molecule has 0 bridgehead atoms. The largest absolute Gasteiger partial charge is 0.476 e. The lowest BCUT2D eigenvalue weighted by Gasteiger charge is -2.31. The van der Waals surface area contributed by atoms with Crippen LogP contribution in [0.4, 0.5) is 0 Å². The molecule has 1 N–H and O–H groups in total. The lowest BCUT2D eigenvalue weighted by Crippen LogP contribution is -2.26. The number of carboxylic acid groups (broad SMARTS) is 1. The summed E-state index contributed by atoms with van der Waals surface area (Å²) in [5, 5.41) is 8.98. The Bertz CT molecular complexity index is 364. The van der Waals surface area contributed by atoms with Crippen molar-refractivity contribution in [3.05, 3.63) is 17.8 Å². The van der Waals surface area contributed by atoms with Crippen LogP contribution in [-0.2, 0) is 5.41 Å². The van der Waals surface area contributed by atoms with Gasteiger partial charge in [-0.05, 0) is 12.8 Å². The number of carbonyl (C=O) groups is 1. The molecule has 0 radical (unpaired) electrons. The van der Waals surface area contributed by atoms with E-state index in [1.54, 1.807) is 0 Å². The van der Waals surface area contributed by atoms with Crippen molar-refractivity contribution in [2.45, 2.75) is 44.4 Å². The van der Waals surface area contributed by atoms with Crippen molar-refractivity contribution in [2.24, 2.45) is 0 Å². The van der Waals surface area contributed by atoms with E-state index in [1.165, 1.54) is 12.8 Å². The monoisotopic (exact) mass is 209 g/mol. The van der Waals surface area contributed by atoms with Gasteiger partial charge in [-0.2, -0.15) is 0 Å². The van der Waals surface area contributed by atoms with Crippen LogP contribution in [0.15, 0.2) is 10.8 Å². The van der Waals surface area contributed by atoms with Crippen LogP contribution < -0.4 is 0 Å². The van der Waals surface area contributed by atoms with E-state index in [1.807, 2.05) is 0 Å². The van der Waals surface area contributed by atoms with Crippen molar-refractivity contribution in [3.8, 4) is 0 Å². The highest BCUT2D eigenvalue weighted by atomic mass is 16.4. The molecule has 2 rings (SSSR count). The normalized spacial score (nSPS) is 20.1. The van der Waals surface area contributed by atoms with Gasteiger partial charge in [0.2, 0.25) is 0 Å². The first-order valence-corrected chi connectivity index (χ1v) is 5.31. The van der Waals surface area contributed by atoms with Gasteiger partial charge in [0.05, 0.1) is 0 Å². The second kappa shape index (κ2) is 3.68. The minimum atomic E-state index is -0.995. The maximum Gasteiger partial charge on any atom is 0.358 e. The fraction of sp³-hybridized carbons (Fsp3) is 0.636. The molecule has 0 aromatic carbocycles. The number of rotatable bonds is 2. The molecule has 1 heterocycles. The number of hydrogen-bond acceptors (Lipinski definition) is 3. The Balaban J connectivity index is 2.34. The van der Waals surface area contributed by atoms with Gasteiger partial charge in [-0.3, -0.25) is 0 Å². The van der Waals surface area contributed by atoms with Crippen molar-refractivity contribution in [2.75, 3.05) is 0 Å². The Labute approximate surface area is 88.3 Å². The summed E-state index contributed by atoms with van der Waals surface area (Å²) in [6.07, 6.45) is 6.71. The van der Waals surface area contributed by atoms with Gasteiger partial charge in [-0.15, -0.1) is 0 Å². The molecule has 1 aliphatic carbocycles. The number of aromatic nitrogens is 1. The number of nitrogens with zero attached hydrogens (tertiary/aromatic N) is 1. The number of hydrogen-bond donors (Lipinski definition) is 1. The molecule has 1 aromatic heterocycles. The molecule has 82 valence electrons. The number of carboxylic acids is 1. The first-order chi connectivity index (χ1) is 7.13. The Hall–Kier alpha value is -1.32. The minimum Gasteiger partial charge on any atom is -0.476 e. The first kappa shape index (κ1) is 10.2. The molecule has 4 heteroatoms. The molecule has 0 aliphatic heterocycles. The van der Waals surface area contributed by atoms with Crippen molar-refractivity contribution in [1.29, 1.82) is 0 Å². The zero-order valence-electron chi connectivity index (χ0n) is 8.82. The second-order valence-electron chi connectivity index (χ2n) is 4.46. The fourth-order valence-electron chi connectivity index (χ4n) is 2.39. The third-order valence-electron chi connectivity index (χ3n) is 3.28. The van der Waals surface area contributed by atoms with Crippen LogP contribution in [-0.4, -0.2) is 16.1 Å². The van der Waals surface area contributed by atoms with E-state index < -0.39 is 5.97 Å². The molecule has 0 atom stereocenters. The third-order valence-corrected chi connectivity index (χ3v) is 3.28. The van der Waals surface area contributed by atoms with Crippen molar-refractivity contribution in [1.82, 2.24) is 4.98 Å². The summed E-state index contributed by atoms with van der Waals surface area (Å²) in [5.41, 5.74) is -0.0537. The Morgan fingerprint density at radius 1 is 1.47 bits per heavy atom.